The predicted octanol–water partition coefficient (Wildman–Crippen LogP) is 1.33. The average Bonchev–Trinajstić information content (AvgIpc) is 2.89. The number of benzene rings is 1. The van der Waals surface area contributed by atoms with Crippen molar-refractivity contribution >= 4 is 46.8 Å². The van der Waals surface area contributed by atoms with Crippen LogP contribution < -0.4 is 5.32 Å². The minimum absolute atomic E-state index is 0.178. The van der Waals surface area contributed by atoms with Crippen LogP contribution >= 0.6 is 12.2 Å². The van der Waals surface area contributed by atoms with Gasteiger partial charge in [-0.15, -0.1) is 0 Å². The summed E-state index contributed by atoms with van der Waals surface area (Å²) in [7, 11) is 0. The van der Waals surface area contributed by atoms with Crippen LogP contribution in [0.2, 0.25) is 0 Å². The standard InChI is InChI=1S/C29H45N5O8S/c1-29(2,3)28(43)30-22-7-4-21(5-8-22)6-9-23(27(41)42)34-16-14-32(19-25(37)38)12-10-31(18-24(35)36)11-13-33(15-17-34)20-26(39)40/h4-5,7-8,23H,6,9-20H2,1-3H3,(H,30,43)(H,35,36)(H,37,38)(H,39,40)(H,41,42). The Morgan fingerprint density at radius 2 is 1.14 bits per heavy atom. The van der Waals surface area contributed by atoms with Gasteiger partial charge in [-0.1, -0.05) is 45.1 Å². The summed E-state index contributed by atoms with van der Waals surface area (Å²) >= 11 is 5.45. The van der Waals surface area contributed by atoms with Crippen LogP contribution in [-0.4, -0.2) is 147 Å². The van der Waals surface area contributed by atoms with Gasteiger partial charge in [-0.3, -0.25) is 38.8 Å². The van der Waals surface area contributed by atoms with Crippen LogP contribution in [-0.2, 0) is 25.6 Å². The molecule has 0 spiro atoms. The zero-order chi connectivity index (χ0) is 32.2. The maximum absolute atomic E-state index is 12.5. The highest BCUT2D eigenvalue weighted by Gasteiger charge is 2.28. The van der Waals surface area contributed by atoms with Crippen molar-refractivity contribution in [1.29, 1.82) is 0 Å². The van der Waals surface area contributed by atoms with Gasteiger partial charge in [0.1, 0.15) is 6.04 Å². The molecule has 0 aliphatic carbocycles. The first kappa shape index (κ1) is 36.0. The third-order valence-electron chi connectivity index (χ3n) is 7.27. The van der Waals surface area contributed by atoms with E-state index in [0.29, 0.717) is 17.8 Å². The number of carboxylic acids is 4. The van der Waals surface area contributed by atoms with Crippen LogP contribution in [0.5, 0.6) is 0 Å². The molecule has 0 bridgehead atoms. The number of carboxylic acid groups (broad SMARTS) is 4. The van der Waals surface area contributed by atoms with Gasteiger partial charge in [0, 0.05) is 63.5 Å². The van der Waals surface area contributed by atoms with E-state index in [1.165, 1.54) is 0 Å². The molecule has 0 saturated carbocycles. The Morgan fingerprint density at radius 1 is 0.744 bits per heavy atom. The summed E-state index contributed by atoms with van der Waals surface area (Å²) in [5.41, 5.74) is 1.62. The summed E-state index contributed by atoms with van der Waals surface area (Å²) < 4.78 is 0. The Hall–Kier alpha value is -3.17. The minimum atomic E-state index is -1.04. The zero-order valence-corrected chi connectivity index (χ0v) is 26.0. The maximum Gasteiger partial charge on any atom is 0.320 e. The van der Waals surface area contributed by atoms with Gasteiger partial charge in [-0.25, -0.2) is 0 Å². The molecule has 1 aromatic rings. The van der Waals surface area contributed by atoms with E-state index < -0.39 is 29.9 Å². The van der Waals surface area contributed by atoms with Gasteiger partial charge in [0.25, 0.3) is 0 Å². The minimum Gasteiger partial charge on any atom is -0.480 e. The summed E-state index contributed by atoms with van der Waals surface area (Å²) in [6.07, 6.45) is 0.784. The molecule has 1 aromatic carbocycles. The number of aliphatic carboxylic acids is 4. The van der Waals surface area contributed by atoms with E-state index >= 15 is 0 Å². The molecule has 240 valence electrons. The van der Waals surface area contributed by atoms with Gasteiger partial charge in [-0.2, -0.15) is 0 Å². The van der Waals surface area contributed by atoms with Crippen LogP contribution in [0.4, 0.5) is 5.69 Å². The second-order valence-corrected chi connectivity index (χ2v) is 12.2. The third-order valence-corrected chi connectivity index (χ3v) is 7.99. The zero-order valence-electron chi connectivity index (χ0n) is 25.2. The molecule has 2 rings (SSSR count). The Morgan fingerprint density at radius 3 is 1.49 bits per heavy atom. The number of rotatable bonds is 12. The molecule has 0 amide bonds. The fourth-order valence-electron chi connectivity index (χ4n) is 4.75. The fraction of sp³-hybridized carbons (Fsp3) is 0.621. The van der Waals surface area contributed by atoms with E-state index in [2.05, 4.69) is 5.32 Å². The lowest BCUT2D eigenvalue weighted by Gasteiger charge is -2.35. The van der Waals surface area contributed by atoms with E-state index in [4.69, 9.17) is 12.2 Å². The number of aryl methyl sites for hydroxylation is 1. The molecule has 0 radical (unpaired) electrons. The highest BCUT2D eigenvalue weighted by molar-refractivity contribution is 7.80. The SMILES string of the molecule is CC(C)(C)C(=S)Nc1ccc(CCC(C(=O)O)N2CCN(CC(=O)O)CCN(CC(=O)O)CCN(CC(=O)O)CC2)cc1. The first-order valence-electron chi connectivity index (χ1n) is 14.3. The number of carbonyl (C=O) groups is 4. The molecule has 5 N–H and O–H groups in total. The topological polar surface area (TPSA) is 174 Å². The number of thiocarbonyl (C=S) groups is 1. The molecule has 1 unspecified atom stereocenters. The van der Waals surface area contributed by atoms with Gasteiger partial charge < -0.3 is 25.7 Å². The normalized spacial score (nSPS) is 17.7. The molecule has 13 nitrogen and oxygen atoms in total. The third kappa shape index (κ3) is 13.8. The summed E-state index contributed by atoms with van der Waals surface area (Å²) in [6, 6.07) is 6.78. The van der Waals surface area contributed by atoms with E-state index in [0.717, 1.165) is 11.3 Å². The predicted molar refractivity (Wildman–Crippen MR) is 166 cm³/mol. The van der Waals surface area contributed by atoms with Crippen LogP contribution in [0.15, 0.2) is 24.3 Å². The quantitative estimate of drug-likeness (QED) is 0.211. The highest BCUT2D eigenvalue weighted by Crippen LogP contribution is 2.20. The molecule has 0 aromatic heterocycles. The number of nitrogens with one attached hydrogen (secondary N) is 1. The van der Waals surface area contributed by atoms with Gasteiger partial charge >= 0.3 is 23.9 Å². The Kier molecular flexibility index (Phi) is 14.4. The molecule has 1 aliphatic rings. The lowest BCUT2D eigenvalue weighted by atomic mass is 9.96. The number of anilines is 1. The smallest absolute Gasteiger partial charge is 0.320 e. The molecule has 1 saturated heterocycles. The second-order valence-electron chi connectivity index (χ2n) is 11.8. The Balaban J connectivity index is 2.20. The van der Waals surface area contributed by atoms with Crippen molar-refractivity contribution in [3.05, 3.63) is 29.8 Å². The Labute approximate surface area is 258 Å². The van der Waals surface area contributed by atoms with Crippen molar-refractivity contribution in [1.82, 2.24) is 19.6 Å². The van der Waals surface area contributed by atoms with Crippen LogP contribution in [0.3, 0.4) is 0 Å². The first-order valence-corrected chi connectivity index (χ1v) is 14.7. The van der Waals surface area contributed by atoms with Crippen molar-refractivity contribution in [3.63, 3.8) is 0 Å². The summed E-state index contributed by atoms with van der Waals surface area (Å²) in [4.78, 5) is 54.4. The molecule has 43 heavy (non-hydrogen) atoms. The number of hydrogen-bond donors (Lipinski definition) is 5. The molecular formula is C29H45N5O8S. The fourth-order valence-corrected chi connectivity index (χ4v) is 4.87. The highest BCUT2D eigenvalue weighted by atomic mass is 32.1. The largest absolute Gasteiger partial charge is 0.480 e. The Bertz CT molecular complexity index is 1080. The van der Waals surface area contributed by atoms with Crippen molar-refractivity contribution in [2.45, 2.75) is 39.7 Å². The molecule has 14 heteroatoms. The molecular weight excluding hydrogens is 578 g/mol. The average molecular weight is 624 g/mol. The molecule has 1 fully saturated rings. The van der Waals surface area contributed by atoms with Crippen molar-refractivity contribution in [2.24, 2.45) is 5.41 Å². The van der Waals surface area contributed by atoms with Crippen molar-refractivity contribution in [3.8, 4) is 0 Å². The van der Waals surface area contributed by atoms with E-state index in [1.54, 1.807) is 19.6 Å². The first-order chi connectivity index (χ1) is 20.1. The maximum atomic E-state index is 12.5. The van der Waals surface area contributed by atoms with Crippen LogP contribution in [0, 0.1) is 5.41 Å². The van der Waals surface area contributed by atoms with Crippen molar-refractivity contribution in [2.75, 3.05) is 77.3 Å². The molecule has 1 aliphatic heterocycles. The van der Waals surface area contributed by atoms with Gasteiger partial charge in [0.15, 0.2) is 0 Å². The van der Waals surface area contributed by atoms with E-state index in [-0.39, 0.29) is 77.4 Å². The van der Waals surface area contributed by atoms with Gasteiger partial charge in [-0.05, 0) is 30.5 Å². The van der Waals surface area contributed by atoms with E-state index in [1.807, 2.05) is 45.0 Å². The summed E-state index contributed by atoms with van der Waals surface area (Å²) in [5, 5.41) is 41.6. The van der Waals surface area contributed by atoms with Crippen LogP contribution in [0.25, 0.3) is 0 Å². The van der Waals surface area contributed by atoms with Gasteiger partial charge in [0.05, 0.1) is 24.6 Å². The number of nitrogens with zero attached hydrogens (tertiary/aromatic N) is 4. The van der Waals surface area contributed by atoms with Gasteiger partial charge in [0.2, 0.25) is 0 Å². The molecule has 1 atom stereocenters. The lowest BCUT2D eigenvalue weighted by molar-refractivity contribution is -0.145. The summed E-state index contributed by atoms with van der Waals surface area (Å²) in [5.74, 6) is -4.11. The van der Waals surface area contributed by atoms with Crippen molar-refractivity contribution < 1.29 is 39.6 Å². The monoisotopic (exact) mass is 623 g/mol. The van der Waals surface area contributed by atoms with E-state index in [9.17, 15) is 39.6 Å². The van der Waals surface area contributed by atoms with Crippen LogP contribution in [0.1, 0.15) is 32.8 Å². The molecule has 1 heterocycles. The second kappa shape index (κ2) is 17.2. The summed E-state index contributed by atoms with van der Waals surface area (Å²) in [6.45, 7) is 7.36. The lowest BCUT2D eigenvalue weighted by Crippen LogP contribution is -2.51. The number of hydrogen-bond acceptors (Lipinski definition) is 9.